The second kappa shape index (κ2) is 8.13. The topological polar surface area (TPSA) is 88.8 Å². The van der Waals surface area contributed by atoms with E-state index in [4.69, 9.17) is 32.8 Å². The molecule has 1 aromatic heterocycles. The minimum absolute atomic E-state index is 0.0844. The third-order valence-corrected chi connectivity index (χ3v) is 6.98. The standard InChI is InChI=1S/C26H25NO8/c1-27-10-9-13-17(15-6-5-11-32-15)24-25(34-12-33-24)23(31-4)18(13)20(27)21-14-7-8-16(29-2)22(30-3)19(14)26(28)35-21/h5-8,11,20-21H,9-10,12H2,1-4H3. The lowest BCUT2D eigenvalue weighted by molar-refractivity contribution is 0.00877. The highest BCUT2D eigenvalue weighted by atomic mass is 16.7. The zero-order chi connectivity index (χ0) is 24.3. The maximum Gasteiger partial charge on any atom is 0.343 e. The molecule has 35 heavy (non-hydrogen) atoms. The van der Waals surface area contributed by atoms with Gasteiger partial charge in [-0.2, -0.15) is 0 Å². The Labute approximate surface area is 202 Å². The highest BCUT2D eigenvalue weighted by Gasteiger charge is 2.47. The molecule has 0 saturated carbocycles. The summed E-state index contributed by atoms with van der Waals surface area (Å²) >= 11 is 0. The summed E-state index contributed by atoms with van der Waals surface area (Å²) < 4.78 is 40.4. The first-order chi connectivity index (χ1) is 17.1. The molecule has 0 bridgehead atoms. The first kappa shape index (κ1) is 21.7. The van der Waals surface area contributed by atoms with Crippen LogP contribution in [-0.2, 0) is 11.2 Å². The van der Waals surface area contributed by atoms with Gasteiger partial charge in [-0.1, -0.05) is 6.07 Å². The number of hydrogen-bond acceptors (Lipinski definition) is 9. The first-order valence-electron chi connectivity index (χ1n) is 11.3. The molecule has 182 valence electrons. The van der Waals surface area contributed by atoms with Gasteiger partial charge in [0.1, 0.15) is 17.4 Å². The lowest BCUT2D eigenvalue weighted by Gasteiger charge is -2.39. The molecule has 2 unspecified atom stereocenters. The molecular weight excluding hydrogens is 454 g/mol. The average molecular weight is 479 g/mol. The molecule has 0 saturated heterocycles. The van der Waals surface area contributed by atoms with Crippen LogP contribution in [-0.4, -0.2) is 52.6 Å². The van der Waals surface area contributed by atoms with E-state index in [1.54, 1.807) is 19.4 Å². The molecule has 3 aromatic rings. The Morgan fingerprint density at radius 3 is 2.49 bits per heavy atom. The van der Waals surface area contributed by atoms with Crippen LogP contribution >= 0.6 is 0 Å². The van der Waals surface area contributed by atoms with E-state index in [0.717, 1.165) is 35.2 Å². The van der Waals surface area contributed by atoms with E-state index in [1.807, 2.05) is 25.2 Å². The van der Waals surface area contributed by atoms with Crippen molar-refractivity contribution in [3.63, 3.8) is 0 Å². The van der Waals surface area contributed by atoms with Gasteiger partial charge in [0.2, 0.25) is 12.5 Å². The van der Waals surface area contributed by atoms with Crippen LogP contribution in [0.25, 0.3) is 11.3 Å². The van der Waals surface area contributed by atoms with Crippen molar-refractivity contribution in [3.8, 4) is 40.1 Å². The number of rotatable bonds is 5. The Bertz CT molecular complexity index is 1320. The fourth-order valence-corrected chi connectivity index (χ4v) is 5.51. The van der Waals surface area contributed by atoms with Crippen molar-refractivity contribution in [1.29, 1.82) is 0 Å². The first-order valence-corrected chi connectivity index (χ1v) is 11.3. The lowest BCUT2D eigenvalue weighted by Crippen LogP contribution is -2.36. The number of fused-ring (bicyclic) bond motifs is 3. The zero-order valence-corrected chi connectivity index (χ0v) is 19.9. The molecule has 9 nitrogen and oxygen atoms in total. The molecule has 9 heteroatoms. The predicted octanol–water partition coefficient (Wildman–Crippen LogP) is 4.14. The van der Waals surface area contributed by atoms with Crippen molar-refractivity contribution in [2.75, 3.05) is 41.7 Å². The van der Waals surface area contributed by atoms with Gasteiger partial charge >= 0.3 is 5.97 Å². The van der Waals surface area contributed by atoms with Crippen molar-refractivity contribution in [1.82, 2.24) is 4.90 Å². The van der Waals surface area contributed by atoms with Gasteiger partial charge in [-0.05, 0) is 37.2 Å². The average Bonchev–Trinajstić information content (AvgIpc) is 3.63. The van der Waals surface area contributed by atoms with E-state index >= 15 is 0 Å². The zero-order valence-electron chi connectivity index (χ0n) is 19.9. The van der Waals surface area contributed by atoms with Crippen LogP contribution in [0.1, 0.15) is 39.2 Å². The van der Waals surface area contributed by atoms with E-state index in [0.29, 0.717) is 40.1 Å². The van der Waals surface area contributed by atoms with E-state index in [-0.39, 0.29) is 12.8 Å². The molecule has 3 aliphatic rings. The molecule has 0 spiro atoms. The molecule has 6 rings (SSSR count). The van der Waals surface area contributed by atoms with E-state index in [1.165, 1.54) is 14.2 Å². The third-order valence-electron chi connectivity index (χ3n) is 6.98. The number of esters is 1. The number of ether oxygens (including phenoxy) is 6. The van der Waals surface area contributed by atoms with E-state index < -0.39 is 12.1 Å². The monoisotopic (exact) mass is 479 g/mol. The Kier molecular flexibility index (Phi) is 5.03. The largest absolute Gasteiger partial charge is 0.493 e. The summed E-state index contributed by atoms with van der Waals surface area (Å²) in [6.45, 7) is 0.811. The van der Waals surface area contributed by atoms with Gasteiger partial charge in [0.15, 0.2) is 23.0 Å². The van der Waals surface area contributed by atoms with Crippen LogP contribution in [0.3, 0.4) is 0 Å². The van der Waals surface area contributed by atoms with Gasteiger partial charge in [-0.3, -0.25) is 4.90 Å². The van der Waals surface area contributed by atoms with Crippen LogP contribution in [0.15, 0.2) is 34.9 Å². The fraction of sp³-hybridized carbons (Fsp3) is 0.346. The van der Waals surface area contributed by atoms with E-state index in [9.17, 15) is 4.79 Å². The highest BCUT2D eigenvalue weighted by molar-refractivity contribution is 5.98. The minimum atomic E-state index is -0.597. The molecule has 4 heterocycles. The molecular formula is C26H25NO8. The number of likely N-dealkylation sites (N-methyl/N-ethyl adjacent to an activating group) is 1. The Balaban J connectivity index is 1.59. The molecule has 2 aromatic carbocycles. The molecule has 0 fully saturated rings. The van der Waals surface area contributed by atoms with Gasteiger partial charge in [-0.15, -0.1) is 0 Å². The lowest BCUT2D eigenvalue weighted by atomic mass is 9.82. The summed E-state index contributed by atoms with van der Waals surface area (Å²) in [5.74, 6) is 2.78. The number of carbonyl (C=O) groups excluding carboxylic acids is 1. The minimum Gasteiger partial charge on any atom is -0.493 e. The second-order valence-electron chi connectivity index (χ2n) is 8.61. The molecule has 3 aliphatic heterocycles. The molecule has 0 aliphatic carbocycles. The quantitative estimate of drug-likeness (QED) is 0.501. The van der Waals surface area contributed by atoms with Crippen molar-refractivity contribution in [3.05, 3.63) is 52.8 Å². The summed E-state index contributed by atoms with van der Waals surface area (Å²) in [5.41, 5.74) is 3.86. The van der Waals surface area contributed by atoms with Gasteiger partial charge in [-0.25, -0.2) is 4.79 Å². The van der Waals surface area contributed by atoms with Crippen molar-refractivity contribution in [2.24, 2.45) is 0 Å². The van der Waals surface area contributed by atoms with Gasteiger partial charge < -0.3 is 32.8 Å². The van der Waals surface area contributed by atoms with Gasteiger partial charge in [0, 0.05) is 17.7 Å². The normalized spacial score (nSPS) is 20.3. The Hall–Kier alpha value is -3.85. The number of furan rings is 1. The van der Waals surface area contributed by atoms with Crippen LogP contribution in [0.2, 0.25) is 0 Å². The number of carbonyl (C=O) groups is 1. The van der Waals surface area contributed by atoms with Crippen molar-refractivity contribution in [2.45, 2.75) is 18.6 Å². The second-order valence-corrected chi connectivity index (χ2v) is 8.61. The third kappa shape index (κ3) is 3.01. The summed E-state index contributed by atoms with van der Waals surface area (Å²) in [6, 6.07) is 7.05. The van der Waals surface area contributed by atoms with Crippen LogP contribution in [0.4, 0.5) is 0 Å². The summed E-state index contributed by atoms with van der Waals surface area (Å²) in [4.78, 5) is 15.3. The fourth-order valence-electron chi connectivity index (χ4n) is 5.51. The number of cyclic esters (lactones) is 1. The maximum absolute atomic E-state index is 13.1. The summed E-state index contributed by atoms with van der Waals surface area (Å²) in [6.07, 6.45) is 1.76. The van der Waals surface area contributed by atoms with Gasteiger partial charge in [0.05, 0.1) is 39.2 Å². The van der Waals surface area contributed by atoms with Crippen molar-refractivity contribution >= 4 is 5.97 Å². The molecule has 0 radical (unpaired) electrons. The SMILES string of the molecule is COc1ccc2c(c1OC)C(=O)OC2C1c2c(c(-c3ccco3)c3c(c2OC)OCO3)CCN1C. The molecule has 2 atom stereocenters. The number of methoxy groups -OCH3 is 3. The number of benzene rings is 2. The number of hydrogen-bond donors (Lipinski definition) is 0. The number of nitrogens with zero attached hydrogens (tertiary/aromatic N) is 1. The van der Waals surface area contributed by atoms with Crippen LogP contribution in [0, 0.1) is 0 Å². The predicted molar refractivity (Wildman–Crippen MR) is 124 cm³/mol. The Morgan fingerprint density at radius 2 is 1.77 bits per heavy atom. The molecule has 0 amide bonds. The summed E-state index contributed by atoms with van der Waals surface area (Å²) in [7, 11) is 6.67. The van der Waals surface area contributed by atoms with Gasteiger partial charge in [0.25, 0.3) is 0 Å². The molecule has 0 N–H and O–H groups in total. The van der Waals surface area contributed by atoms with E-state index in [2.05, 4.69) is 4.90 Å². The van der Waals surface area contributed by atoms with Crippen LogP contribution < -0.4 is 23.7 Å². The maximum atomic E-state index is 13.1. The Morgan fingerprint density at radius 1 is 0.971 bits per heavy atom. The highest BCUT2D eigenvalue weighted by Crippen LogP contribution is 2.58. The van der Waals surface area contributed by atoms with Crippen molar-refractivity contribution < 1.29 is 37.6 Å². The van der Waals surface area contributed by atoms with Crippen LogP contribution in [0.5, 0.6) is 28.7 Å². The summed E-state index contributed by atoms with van der Waals surface area (Å²) in [5, 5.41) is 0. The smallest absolute Gasteiger partial charge is 0.343 e.